The largest absolute Gasteiger partial charge is 0.433 e. The Labute approximate surface area is 81.4 Å². The average molecular weight is 196 g/mol. The van der Waals surface area contributed by atoms with E-state index in [1.54, 1.807) is 6.08 Å². The fourth-order valence-electron chi connectivity index (χ4n) is 1.08. The normalized spacial score (nSPS) is 12.4. The van der Waals surface area contributed by atoms with E-state index in [4.69, 9.17) is 10.2 Å². The highest BCUT2D eigenvalue weighted by Crippen LogP contribution is 2.22. The summed E-state index contributed by atoms with van der Waals surface area (Å²) in [6, 6.07) is 2.54. The van der Waals surface area contributed by atoms with Crippen molar-refractivity contribution in [2.75, 3.05) is 0 Å². The minimum atomic E-state index is -0.580. The maximum atomic E-state index is 10.3. The topological polar surface area (TPSA) is 82.3 Å². The van der Waals surface area contributed by atoms with Crippen molar-refractivity contribution < 1.29 is 9.34 Å². The van der Waals surface area contributed by atoms with Crippen LogP contribution in [0, 0.1) is 10.1 Å². The maximum absolute atomic E-state index is 10.3. The molecule has 0 saturated heterocycles. The van der Waals surface area contributed by atoms with Gasteiger partial charge in [0.1, 0.15) is 10.7 Å². The molecule has 0 aliphatic rings. The van der Waals surface area contributed by atoms with E-state index in [0.717, 1.165) is 6.42 Å². The Morgan fingerprint density at radius 3 is 2.93 bits per heavy atom. The number of nitrogens with zero attached hydrogens (tertiary/aromatic N) is 1. The molecule has 1 rings (SSSR count). The molecular formula is C9H12N2O3. The summed E-state index contributed by atoms with van der Waals surface area (Å²) in [5.74, 6) is 0.174. The van der Waals surface area contributed by atoms with E-state index in [1.807, 2.05) is 0 Å². The first-order valence-corrected chi connectivity index (χ1v) is 4.25. The van der Waals surface area contributed by atoms with E-state index in [9.17, 15) is 10.1 Å². The number of furan rings is 1. The third kappa shape index (κ3) is 2.43. The minimum Gasteiger partial charge on any atom is -0.404 e. The standard InChI is InChI=1S/C9H12N2O3/c1-2-3-4-7(10)8-5-6-9(14-8)11(12)13/h2,5-7H,1,3-4,10H2/t7-/m0/s1. The second kappa shape index (κ2) is 4.57. The second-order valence-electron chi connectivity index (χ2n) is 2.91. The SMILES string of the molecule is C=CCC[C@H](N)c1ccc([N+](=O)[O-])o1. The molecule has 0 fully saturated rings. The quantitative estimate of drug-likeness (QED) is 0.444. The van der Waals surface area contributed by atoms with Gasteiger partial charge in [-0.1, -0.05) is 6.08 Å². The van der Waals surface area contributed by atoms with E-state index >= 15 is 0 Å². The van der Waals surface area contributed by atoms with Gasteiger partial charge >= 0.3 is 5.88 Å². The zero-order valence-electron chi connectivity index (χ0n) is 7.68. The predicted octanol–water partition coefficient (Wildman–Crippen LogP) is 2.15. The van der Waals surface area contributed by atoms with E-state index in [2.05, 4.69) is 6.58 Å². The highest BCUT2D eigenvalue weighted by atomic mass is 16.6. The molecule has 76 valence electrons. The van der Waals surface area contributed by atoms with Crippen molar-refractivity contribution in [3.63, 3.8) is 0 Å². The van der Waals surface area contributed by atoms with Crippen LogP contribution in [0.5, 0.6) is 0 Å². The molecule has 0 unspecified atom stereocenters. The molecular weight excluding hydrogens is 184 g/mol. The summed E-state index contributed by atoms with van der Waals surface area (Å²) in [7, 11) is 0. The van der Waals surface area contributed by atoms with Gasteiger partial charge in [0, 0.05) is 0 Å². The Morgan fingerprint density at radius 1 is 1.71 bits per heavy atom. The molecule has 0 radical (unpaired) electrons. The Morgan fingerprint density at radius 2 is 2.43 bits per heavy atom. The molecule has 0 saturated carbocycles. The highest BCUT2D eigenvalue weighted by molar-refractivity contribution is 5.19. The van der Waals surface area contributed by atoms with E-state index in [0.29, 0.717) is 12.2 Å². The zero-order valence-corrected chi connectivity index (χ0v) is 7.68. The van der Waals surface area contributed by atoms with E-state index < -0.39 is 4.92 Å². The van der Waals surface area contributed by atoms with Gasteiger partial charge in [-0.05, 0) is 18.9 Å². The number of nitrogens with two attached hydrogens (primary N) is 1. The Hall–Kier alpha value is -1.62. The average Bonchev–Trinajstić information content (AvgIpc) is 2.62. The molecule has 2 N–H and O–H groups in total. The number of hydrogen-bond donors (Lipinski definition) is 1. The van der Waals surface area contributed by atoms with Crippen LogP contribution in [-0.2, 0) is 0 Å². The van der Waals surface area contributed by atoms with Crippen LogP contribution in [0.15, 0.2) is 29.2 Å². The van der Waals surface area contributed by atoms with Crippen LogP contribution >= 0.6 is 0 Å². The summed E-state index contributed by atoms with van der Waals surface area (Å²) in [5.41, 5.74) is 5.73. The summed E-state index contributed by atoms with van der Waals surface area (Å²) in [5, 5.41) is 10.3. The van der Waals surface area contributed by atoms with Gasteiger partial charge in [-0.3, -0.25) is 10.1 Å². The van der Waals surface area contributed by atoms with Gasteiger partial charge in [-0.25, -0.2) is 0 Å². The van der Waals surface area contributed by atoms with E-state index in [-0.39, 0.29) is 11.9 Å². The first-order valence-electron chi connectivity index (χ1n) is 4.25. The molecule has 1 heterocycles. The molecule has 0 aliphatic heterocycles. The number of nitro groups is 1. The van der Waals surface area contributed by atoms with Crippen LogP contribution in [0.4, 0.5) is 5.88 Å². The fraction of sp³-hybridized carbons (Fsp3) is 0.333. The number of rotatable bonds is 5. The van der Waals surface area contributed by atoms with Crippen molar-refractivity contribution in [3.05, 3.63) is 40.7 Å². The molecule has 0 aromatic carbocycles. The van der Waals surface area contributed by atoms with Crippen LogP contribution < -0.4 is 5.73 Å². The predicted molar refractivity (Wildman–Crippen MR) is 51.7 cm³/mol. The molecule has 0 spiro atoms. The van der Waals surface area contributed by atoms with Gasteiger partial charge in [0.15, 0.2) is 0 Å². The summed E-state index contributed by atoms with van der Waals surface area (Å²) >= 11 is 0. The van der Waals surface area contributed by atoms with Gasteiger partial charge in [0.2, 0.25) is 0 Å². The molecule has 0 aliphatic carbocycles. The highest BCUT2D eigenvalue weighted by Gasteiger charge is 2.15. The Kier molecular flexibility index (Phi) is 3.41. The third-order valence-corrected chi connectivity index (χ3v) is 1.84. The molecule has 1 aromatic heterocycles. The number of hydrogen-bond acceptors (Lipinski definition) is 4. The fourth-order valence-corrected chi connectivity index (χ4v) is 1.08. The molecule has 0 bridgehead atoms. The molecule has 14 heavy (non-hydrogen) atoms. The van der Waals surface area contributed by atoms with E-state index in [1.165, 1.54) is 12.1 Å². The van der Waals surface area contributed by atoms with Crippen molar-refractivity contribution in [3.8, 4) is 0 Å². The van der Waals surface area contributed by atoms with Crippen molar-refractivity contribution >= 4 is 5.88 Å². The van der Waals surface area contributed by atoms with Gasteiger partial charge in [-0.15, -0.1) is 6.58 Å². The van der Waals surface area contributed by atoms with Crippen LogP contribution in [0.25, 0.3) is 0 Å². The summed E-state index contributed by atoms with van der Waals surface area (Å²) in [6.45, 7) is 3.57. The van der Waals surface area contributed by atoms with Crippen molar-refractivity contribution in [2.24, 2.45) is 5.73 Å². The van der Waals surface area contributed by atoms with Gasteiger partial charge in [0.25, 0.3) is 0 Å². The lowest BCUT2D eigenvalue weighted by atomic mass is 10.1. The Balaban J connectivity index is 2.66. The molecule has 0 amide bonds. The maximum Gasteiger partial charge on any atom is 0.433 e. The molecule has 1 aromatic rings. The lowest BCUT2D eigenvalue weighted by Gasteiger charge is -2.04. The van der Waals surface area contributed by atoms with Crippen LogP contribution in [-0.4, -0.2) is 4.92 Å². The molecule has 5 nitrogen and oxygen atoms in total. The van der Waals surface area contributed by atoms with Crippen molar-refractivity contribution in [2.45, 2.75) is 18.9 Å². The second-order valence-corrected chi connectivity index (χ2v) is 2.91. The monoisotopic (exact) mass is 196 g/mol. The first-order chi connectivity index (χ1) is 6.65. The van der Waals surface area contributed by atoms with Gasteiger partial charge in [-0.2, -0.15) is 0 Å². The van der Waals surface area contributed by atoms with Crippen LogP contribution in [0.1, 0.15) is 24.6 Å². The van der Waals surface area contributed by atoms with Crippen molar-refractivity contribution in [1.82, 2.24) is 0 Å². The molecule has 5 heteroatoms. The smallest absolute Gasteiger partial charge is 0.404 e. The molecule has 1 atom stereocenters. The van der Waals surface area contributed by atoms with Gasteiger partial charge in [0.05, 0.1) is 12.1 Å². The third-order valence-electron chi connectivity index (χ3n) is 1.84. The zero-order chi connectivity index (χ0) is 10.6. The van der Waals surface area contributed by atoms with Crippen molar-refractivity contribution in [1.29, 1.82) is 0 Å². The first kappa shape index (κ1) is 10.5. The summed E-state index contributed by atoms with van der Waals surface area (Å²) in [4.78, 5) is 9.73. The van der Waals surface area contributed by atoms with Crippen LogP contribution in [0.3, 0.4) is 0 Å². The summed E-state index contributed by atoms with van der Waals surface area (Å²) < 4.78 is 4.95. The lowest BCUT2D eigenvalue weighted by molar-refractivity contribution is -0.402. The van der Waals surface area contributed by atoms with Gasteiger partial charge < -0.3 is 10.2 Å². The number of allylic oxidation sites excluding steroid dienone is 1. The lowest BCUT2D eigenvalue weighted by Crippen LogP contribution is -2.08. The minimum absolute atomic E-state index is 0.269. The summed E-state index contributed by atoms with van der Waals surface area (Å²) in [6.07, 6.45) is 3.18. The Bertz CT molecular complexity index is 333. The van der Waals surface area contributed by atoms with Crippen LogP contribution in [0.2, 0.25) is 0 Å².